The maximum Gasteiger partial charge on any atom is 0.469 e. The fourth-order valence-corrected chi connectivity index (χ4v) is 3.70. The highest BCUT2D eigenvalue weighted by Gasteiger charge is 2.17. The molecule has 0 fully saturated rings. The lowest BCUT2D eigenvalue weighted by atomic mass is 9.90. The molecule has 0 saturated carbocycles. The third-order valence-electron chi connectivity index (χ3n) is 4.98. The molecule has 1 atom stereocenters. The first-order valence-corrected chi connectivity index (χ1v) is 12.7. The Bertz CT molecular complexity index is 410. The molecule has 0 bridgehead atoms. The molecule has 0 aliphatic carbocycles. The van der Waals surface area contributed by atoms with Crippen LogP contribution in [-0.2, 0) is 18.6 Å². The summed E-state index contributed by atoms with van der Waals surface area (Å²) in [4.78, 5) is 29.5. The summed E-state index contributed by atoms with van der Waals surface area (Å²) in [6.45, 7) is 4.54. The third kappa shape index (κ3) is 19.1. The van der Waals surface area contributed by atoms with Crippen molar-refractivity contribution in [2.75, 3.05) is 19.8 Å². The first kappa shape index (κ1) is 27.7. The topological polar surface area (TPSA) is 93.1 Å². The molecule has 0 aromatic rings. The normalized spacial score (nSPS) is 13.0. The standard InChI is InChI=1S/C21H43O6P/c1-3-5-6-7-8-9-10-11-12-13-15-20(14-4-2)21(22)16-17-26-18-19-27-28(23,24)25/h20H,3-19H2,1-2H3,(H2,23,24,25). The summed E-state index contributed by atoms with van der Waals surface area (Å²) >= 11 is 0. The van der Waals surface area contributed by atoms with E-state index < -0.39 is 7.82 Å². The number of ketones is 1. The van der Waals surface area contributed by atoms with E-state index in [1.54, 1.807) is 0 Å². The van der Waals surface area contributed by atoms with Gasteiger partial charge in [-0.05, 0) is 12.8 Å². The molecule has 6 nitrogen and oxygen atoms in total. The van der Waals surface area contributed by atoms with Crippen molar-refractivity contribution in [3.63, 3.8) is 0 Å². The summed E-state index contributed by atoms with van der Waals surface area (Å²) in [6.07, 6.45) is 16.3. The second kappa shape index (κ2) is 18.7. The van der Waals surface area contributed by atoms with E-state index in [-0.39, 0.29) is 31.5 Å². The average Bonchev–Trinajstić information content (AvgIpc) is 2.64. The molecule has 2 N–H and O–H groups in total. The van der Waals surface area contributed by atoms with Gasteiger partial charge in [-0.2, -0.15) is 0 Å². The molecule has 0 amide bonds. The zero-order chi connectivity index (χ0) is 21.1. The van der Waals surface area contributed by atoms with Crippen molar-refractivity contribution in [2.24, 2.45) is 5.92 Å². The second-order valence-electron chi connectivity index (χ2n) is 7.61. The fourth-order valence-electron chi connectivity index (χ4n) is 3.39. The first-order valence-electron chi connectivity index (χ1n) is 11.2. The van der Waals surface area contributed by atoms with Crippen LogP contribution in [0.5, 0.6) is 0 Å². The number of phosphoric ester groups is 1. The fraction of sp³-hybridized carbons (Fsp3) is 0.952. The molecule has 0 radical (unpaired) electrons. The van der Waals surface area contributed by atoms with Crippen molar-refractivity contribution in [3.8, 4) is 0 Å². The van der Waals surface area contributed by atoms with Crippen LogP contribution in [0.1, 0.15) is 104 Å². The molecule has 1 unspecified atom stereocenters. The van der Waals surface area contributed by atoms with Crippen LogP contribution in [0.3, 0.4) is 0 Å². The van der Waals surface area contributed by atoms with Crippen LogP contribution in [0, 0.1) is 5.92 Å². The van der Waals surface area contributed by atoms with E-state index in [0.29, 0.717) is 6.42 Å². The Morgan fingerprint density at radius 3 is 1.89 bits per heavy atom. The number of rotatable bonds is 21. The lowest BCUT2D eigenvalue weighted by molar-refractivity contribution is -0.124. The van der Waals surface area contributed by atoms with Gasteiger partial charge in [0.1, 0.15) is 5.78 Å². The van der Waals surface area contributed by atoms with Crippen molar-refractivity contribution in [1.29, 1.82) is 0 Å². The number of hydrogen-bond acceptors (Lipinski definition) is 4. The molecule has 168 valence electrons. The number of unbranched alkanes of at least 4 members (excludes halogenated alkanes) is 9. The minimum atomic E-state index is -4.43. The smallest absolute Gasteiger partial charge is 0.379 e. The minimum Gasteiger partial charge on any atom is -0.379 e. The molecule has 7 heteroatoms. The van der Waals surface area contributed by atoms with Gasteiger partial charge >= 0.3 is 7.82 Å². The van der Waals surface area contributed by atoms with E-state index in [1.807, 2.05) is 0 Å². The highest BCUT2D eigenvalue weighted by Crippen LogP contribution is 2.35. The highest BCUT2D eigenvalue weighted by atomic mass is 31.2. The Kier molecular flexibility index (Phi) is 18.6. The second-order valence-corrected chi connectivity index (χ2v) is 8.85. The van der Waals surface area contributed by atoms with Gasteiger partial charge in [0.25, 0.3) is 0 Å². The van der Waals surface area contributed by atoms with Crippen molar-refractivity contribution in [3.05, 3.63) is 0 Å². The summed E-state index contributed by atoms with van der Waals surface area (Å²) in [5.74, 6) is 0.364. The predicted octanol–water partition coefficient (Wildman–Crippen LogP) is 5.80. The van der Waals surface area contributed by atoms with Gasteiger partial charge in [-0.15, -0.1) is 0 Å². The van der Waals surface area contributed by atoms with Crippen LogP contribution in [0.4, 0.5) is 0 Å². The van der Waals surface area contributed by atoms with Gasteiger partial charge < -0.3 is 14.5 Å². The molecule has 28 heavy (non-hydrogen) atoms. The molecule has 0 aromatic heterocycles. The Morgan fingerprint density at radius 1 is 0.786 bits per heavy atom. The zero-order valence-electron chi connectivity index (χ0n) is 18.1. The predicted molar refractivity (Wildman–Crippen MR) is 113 cm³/mol. The lowest BCUT2D eigenvalue weighted by Crippen LogP contribution is -2.17. The van der Waals surface area contributed by atoms with E-state index in [1.165, 1.54) is 57.8 Å². The van der Waals surface area contributed by atoms with Gasteiger partial charge in [0, 0.05) is 12.3 Å². The van der Waals surface area contributed by atoms with Crippen molar-refractivity contribution in [1.82, 2.24) is 0 Å². The van der Waals surface area contributed by atoms with E-state index in [0.717, 1.165) is 25.7 Å². The van der Waals surface area contributed by atoms with Gasteiger partial charge in [-0.1, -0.05) is 84.5 Å². The van der Waals surface area contributed by atoms with Crippen LogP contribution < -0.4 is 0 Å². The quantitative estimate of drug-likeness (QED) is 0.179. The molecule has 0 spiro atoms. The summed E-state index contributed by atoms with van der Waals surface area (Å²) in [6, 6.07) is 0. The summed E-state index contributed by atoms with van der Waals surface area (Å²) in [5.41, 5.74) is 0. The van der Waals surface area contributed by atoms with Gasteiger partial charge in [-0.3, -0.25) is 9.32 Å². The Morgan fingerprint density at radius 2 is 1.36 bits per heavy atom. The molecule has 0 aromatic carbocycles. The zero-order valence-corrected chi connectivity index (χ0v) is 19.0. The summed E-state index contributed by atoms with van der Waals surface area (Å²) < 4.78 is 20.1. The van der Waals surface area contributed by atoms with Crippen molar-refractivity contribution < 1.29 is 28.4 Å². The number of carbonyl (C=O) groups excluding carboxylic acids is 1. The molecule has 0 rings (SSSR count). The Hall–Kier alpha value is -0.260. The Labute approximate surface area is 172 Å². The third-order valence-corrected chi connectivity index (χ3v) is 5.50. The van der Waals surface area contributed by atoms with Crippen molar-refractivity contribution >= 4 is 13.6 Å². The summed E-state index contributed by atoms with van der Waals surface area (Å²) in [5, 5.41) is 0. The van der Waals surface area contributed by atoms with Gasteiger partial charge in [0.2, 0.25) is 0 Å². The Balaban J connectivity index is 3.72. The van der Waals surface area contributed by atoms with E-state index in [2.05, 4.69) is 18.4 Å². The van der Waals surface area contributed by atoms with Crippen LogP contribution in [0.25, 0.3) is 0 Å². The molecular weight excluding hydrogens is 379 g/mol. The van der Waals surface area contributed by atoms with Gasteiger partial charge in [0.15, 0.2) is 0 Å². The average molecular weight is 423 g/mol. The molecule has 0 heterocycles. The van der Waals surface area contributed by atoms with Crippen LogP contribution in [-0.4, -0.2) is 35.4 Å². The highest BCUT2D eigenvalue weighted by molar-refractivity contribution is 7.46. The number of carbonyl (C=O) groups is 1. The molecular formula is C21H43O6P. The number of phosphoric acid groups is 1. The number of hydrogen-bond donors (Lipinski definition) is 2. The largest absolute Gasteiger partial charge is 0.469 e. The first-order chi connectivity index (χ1) is 13.4. The number of Topliss-reactive ketones (excluding diaryl/α,β-unsaturated/α-hetero) is 1. The summed E-state index contributed by atoms with van der Waals surface area (Å²) in [7, 11) is -4.43. The van der Waals surface area contributed by atoms with E-state index in [4.69, 9.17) is 14.5 Å². The monoisotopic (exact) mass is 422 g/mol. The van der Waals surface area contributed by atoms with E-state index >= 15 is 0 Å². The molecule has 0 aliphatic rings. The van der Waals surface area contributed by atoms with E-state index in [9.17, 15) is 9.36 Å². The maximum atomic E-state index is 12.4. The molecule has 0 aliphatic heterocycles. The van der Waals surface area contributed by atoms with Crippen molar-refractivity contribution in [2.45, 2.75) is 104 Å². The van der Waals surface area contributed by atoms with Crippen LogP contribution >= 0.6 is 7.82 Å². The SMILES string of the molecule is CCCCCCCCCCCCC(CCC)C(=O)CCOCCOP(=O)(O)O. The van der Waals surface area contributed by atoms with Gasteiger partial charge in [-0.25, -0.2) is 4.57 Å². The van der Waals surface area contributed by atoms with Crippen LogP contribution in [0.2, 0.25) is 0 Å². The minimum absolute atomic E-state index is 0.0786. The maximum absolute atomic E-state index is 12.4. The number of ether oxygens (including phenoxy) is 1. The van der Waals surface area contributed by atoms with Crippen LogP contribution in [0.15, 0.2) is 0 Å². The lowest BCUT2D eigenvalue weighted by Gasteiger charge is -2.15. The molecule has 0 saturated heterocycles. The van der Waals surface area contributed by atoms with Gasteiger partial charge in [0.05, 0.1) is 19.8 Å².